The molecular formula is C35H31N2O2S+. The van der Waals surface area contributed by atoms with E-state index >= 15 is 0 Å². The molecular weight excluding hydrogens is 512 g/mol. The van der Waals surface area contributed by atoms with Gasteiger partial charge in [0.15, 0.2) is 0 Å². The predicted octanol–water partition coefficient (Wildman–Crippen LogP) is 7.72. The van der Waals surface area contributed by atoms with Crippen LogP contribution in [-0.2, 0) is 11.8 Å². The number of rotatable bonds is 5. The average molecular weight is 544 g/mol. The number of para-hydroxylation sites is 2. The van der Waals surface area contributed by atoms with Crippen LogP contribution < -0.4 is 9.47 Å². The third kappa shape index (κ3) is 4.85. The van der Waals surface area contributed by atoms with Crippen molar-refractivity contribution < 1.29 is 14.1 Å². The zero-order chi connectivity index (χ0) is 27.6. The molecule has 4 aromatic carbocycles. The van der Waals surface area contributed by atoms with E-state index in [1.165, 1.54) is 39.7 Å². The zero-order valence-electron chi connectivity index (χ0n) is 22.9. The Morgan fingerprint density at radius 1 is 0.900 bits per heavy atom. The number of fused-ring (bicyclic) bond motifs is 2. The van der Waals surface area contributed by atoms with Crippen LogP contribution in [0.5, 0.6) is 0 Å². The van der Waals surface area contributed by atoms with Gasteiger partial charge in [0, 0.05) is 30.4 Å². The van der Waals surface area contributed by atoms with Gasteiger partial charge in [-0.2, -0.15) is 4.57 Å². The van der Waals surface area contributed by atoms with Crippen LogP contribution in [0, 0.1) is 0 Å². The molecule has 5 aromatic rings. The Labute approximate surface area is 239 Å². The van der Waals surface area contributed by atoms with Gasteiger partial charge in [-0.3, -0.25) is 0 Å². The number of methoxy groups -OCH3 is 1. The van der Waals surface area contributed by atoms with E-state index in [1.54, 1.807) is 11.3 Å². The van der Waals surface area contributed by atoms with Gasteiger partial charge in [-0.1, -0.05) is 90.2 Å². The van der Waals surface area contributed by atoms with Crippen molar-refractivity contribution in [3.63, 3.8) is 0 Å². The van der Waals surface area contributed by atoms with E-state index in [-0.39, 0.29) is 12.0 Å². The summed E-state index contributed by atoms with van der Waals surface area (Å²) in [6.07, 6.45) is 5.48. The molecule has 0 saturated carbocycles. The minimum atomic E-state index is -0.332. The molecule has 4 nitrogen and oxygen atoms in total. The second kappa shape index (κ2) is 10.9. The van der Waals surface area contributed by atoms with E-state index in [2.05, 4.69) is 115 Å². The van der Waals surface area contributed by atoms with Gasteiger partial charge in [0.1, 0.15) is 11.7 Å². The number of hydrogen-bond acceptors (Lipinski definition) is 4. The number of anilines is 1. The van der Waals surface area contributed by atoms with Crippen molar-refractivity contribution in [3.8, 4) is 0 Å². The average Bonchev–Trinajstić information content (AvgIpc) is 3.33. The molecule has 0 fully saturated rings. The molecule has 2 heterocycles. The highest BCUT2D eigenvalue weighted by atomic mass is 32.1. The fraction of sp³-hybridized carbons (Fsp3) is 0.143. The summed E-state index contributed by atoms with van der Waals surface area (Å²) in [7, 11) is 5.72. The number of allylic oxidation sites excluding steroid dienone is 2. The molecule has 0 amide bonds. The monoisotopic (exact) mass is 543 g/mol. The Morgan fingerprint density at radius 3 is 2.33 bits per heavy atom. The molecule has 198 valence electrons. The number of carbonyl (C=O) groups is 1. The van der Waals surface area contributed by atoms with Crippen molar-refractivity contribution in [1.29, 1.82) is 0 Å². The fourth-order valence-electron chi connectivity index (χ4n) is 5.52. The van der Waals surface area contributed by atoms with Crippen molar-refractivity contribution in [3.05, 3.63) is 136 Å². The van der Waals surface area contributed by atoms with Gasteiger partial charge >= 0.3 is 5.97 Å². The molecule has 6 rings (SSSR count). The summed E-state index contributed by atoms with van der Waals surface area (Å²) in [4.78, 5) is 14.5. The van der Waals surface area contributed by atoms with Crippen LogP contribution in [0.4, 0.5) is 5.69 Å². The molecule has 0 saturated heterocycles. The molecule has 0 aliphatic carbocycles. The summed E-state index contributed by atoms with van der Waals surface area (Å²) in [5, 5.41) is 1.16. The standard InChI is InChI=1S/C35H31N2O2S/c1-36-30-14-8-7-13-29(30)28(22-32(36)25-11-5-4-6-12-25)21-27(24-17-19-26(20-18-24)35(38)39-3)23-34-37(2)31-15-9-10-16-33(31)40-34/h4-21,23,32H,22H2,1-3H3/q+1. The van der Waals surface area contributed by atoms with Gasteiger partial charge in [-0.25, -0.2) is 4.79 Å². The highest BCUT2D eigenvalue weighted by Gasteiger charge is 2.28. The van der Waals surface area contributed by atoms with Crippen molar-refractivity contribution in [1.82, 2.24) is 0 Å². The van der Waals surface area contributed by atoms with E-state index in [0.29, 0.717) is 5.56 Å². The lowest BCUT2D eigenvalue weighted by atomic mass is 9.86. The lowest BCUT2D eigenvalue weighted by Gasteiger charge is -2.38. The Kier molecular flexibility index (Phi) is 7.06. The van der Waals surface area contributed by atoms with Crippen LogP contribution in [0.1, 0.15) is 44.5 Å². The van der Waals surface area contributed by atoms with E-state index in [0.717, 1.165) is 22.6 Å². The third-order valence-corrected chi connectivity index (χ3v) is 8.88. The van der Waals surface area contributed by atoms with Crippen LogP contribution >= 0.6 is 11.3 Å². The Bertz CT molecular complexity index is 1750. The third-order valence-electron chi connectivity index (χ3n) is 7.71. The SMILES string of the molecule is COC(=O)c1ccc(C(=C\c2sc3ccccc3[n+]2C)/C=C2\CC(c3ccccc3)N(C)c3ccccc32)cc1. The molecule has 40 heavy (non-hydrogen) atoms. The Morgan fingerprint density at radius 2 is 1.57 bits per heavy atom. The first-order valence-corrected chi connectivity index (χ1v) is 14.2. The van der Waals surface area contributed by atoms with Crippen LogP contribution in [0.3, 0.4) is 0 Å². The fourth-order valence-corrected chi connectivity index (χ4v) is 6.62. The van der Waals surface area contributed by atoms with Crippen LogP contribution in [0.2, 0.25) is 0 Å². The second-order valence-electron chi connectivity index (χ2n) is 10.1. The molecule has 1 aromatic heterocycles. The molecule has 1 unspecified atom stereocenters. The van der Waals surface area contributed by atoms with Crippen molar-refractivity contribution >= 4 is 50.4 Å². The number of esters is 1. The van der Waals surface area contributed by atoms with Crippen LogP contribution in [0.25, 0.3) is 27.4 Å². The Balaban J connectivity index is 1.52. The van der Waals surface area contributed by atoms with Crippen LogP contribution in [-0.4, -0.2) is 20.1 Å². The van der Waals surface area contributed by atoms with Crippen molar-refractivity contribution in [2.75, 3.05) is 19.1 Å². The summed E-state index contributed by atoms with van der Waals surface area (Å²) in [6.45, 7) is 0. The smallest absolute Gasteiger partial charge is 0.337 e. The number of carbonyl (C=O) groups excluding carboxylic acids is 1. The first-order valence-electron chi connectivity index (χ1n) is 13.4. The van der Waals surface area contributed by atoms with E-state index in [9.17, 15) is 4.79 Å². The molecule has 0 bridgehead atoms. The van der Waals surface area contributed by atoms with E-state index < -0.39 is 0 Å². The molecule has 1 aliphatic heterocycles. The van der Waals surface area contributed by atoms with Crippen molar-refractivity contribution in [2.45, 2.75) is 12.5 Å². The maximum Gasteiger partial charge on any atom is 0.337 e. The van der Waals surface area contributed by atoms with Gasteiger partial charge in [0.2, 0.25) is 5.52 Å². The minimum absolute atomic E-state index is 0.228. The largest absolute Gasteiger partial charge is 0.465 e. The van der Waals surface area contributed by atoms with Gasteiger partial charge in [0.05, 0.1) is 18.7 Å². The summed E-state index contributed by atoms with van der Waals surface area (Å²) in [5.41, 5.74) is 8.95. The highest BCUT2D eigenvalue weighted by molar-refractivity contribution is 7.18. The molecule has 0 spiro atoms. The molecule has 1 atom stereocenters. The summed E-state index contributed by atoms with van der Waals surface area (Å²) in [6, 6.07) is 35.8. The molecule has 5 heteroatoms. The number of ether oxygens (including phenoxy) is 1. The van der Waals surface area contributed by atoms with Gasteiger partial charge in [-0.05, 0) is 53.0 Å². The summed E-state index contributed by atoms with van der Waals surface area (Å²) in [5.74, 6) is -0.332. The topological polar surface area (TPSA) is 33.4 Å². The number of thiazole rings is 1. The first-order chi connectivity index (χ1) is 19.5. The highest BCUT2D eigenvalue weighted by Crippen LogP contribution is 2.44. The normalized spacial score (nSPS) is 16.3. The number of aromatic nitrogens is 1. The lowest BCUT2D eigenvalue weighted by Crippen LogP contribution is -2.29. The number of benzene rings is 4. The number of nitrogens with zero attached hydrogens (tertiary/aromatic N) is 2. The van der Waals surface area contributed by atoms with E-state index in [4.69, 9.17) is 4.74 Å². The van der Waals surface area contributed by atoms with Gasteiger partial charge in [0.25, 0.3) is 5.01 Å². The molecule has 1 aliphatic rings. The predicted molar refractivity (Wildman–Crippen MR) is 165 cm³/mol. The Hall–Kier alpha value is -4.48. The maximum absolute atomic E-state index is 12.1. The van der Waals surface area contributed by atoms with Crippen LogP contribution in [0.15, 0.2) is 109 Å². The van der Waals surface area contributed by atoms with Crippen molar-refractivity contribution in [2.24, 2.45) is 7.05 Å². The first kappa shape index (κ1) is 25.8. The van der Waals surface area contributed by atoms with Gasteiger partial charge in [-0.15, -0.1) is 0 Å². The molecule has 0 radical (unpaired) electrons. The maximum atomic E-state index is 12.1. The lowest BCUT2D eigenvalue weighted by molar-refractivity contribution is -0.642. The quantitative estimate of drug-likeness (QED) is 0.168. The number of hydrogen-bond donors (Lipinski definition) is 0. The number of aryl methyl sites for hydroxylation is 1. The van der Waals surface area contributed by atoms with Gasteiger partial charge < -0.3 is 9.64 Å². The zero-order valence-corrected chi connectivity index (χ0v) is 23.7. The van der Waals surface area contributed by atoms with E-state index in [1.807, 2.05) is 24.3 Å². The minimum Gasteiger partial charge on any atom is -0.465 e. The summed E-state index contributed by atoms with van der Waals surface area (Å²) < 4.78 is 8.43. The molecule has 0 N–H and O–H groups in total. The summed E-state index contributed by atoms with van der Waals surface area (Å²) >= 11 is 1.78. The second-order valence-corrected chi connectivity index (χ2v) is 11.1.